The van der Waals surface area contributed by atoms with Gasteiger partial charge in [-0.3, -0.25) is 4.79 Å². The molecule has 1 amide bonds. The number of hydrogen-bond acceptors (Lipinski definition) is 7. The van der Waals surface area contributed by atoms with Crippen molar-refractivity contribution in [2.75, 3.05) is 32.0 Å². The molecule has 186 valence electrons. The van der Waals surface area contributed by atoms with Crippen LogP contribution >= 0.6 is 12.4 Å². The van der Waals surface area contributed by atoms with Crippen molar-refractivity contribution in [3.05, 3.63) is 47.8 Å². The summed E-state index contributed by atoms with van der Waals surface area (Å²) in [5.41, 5.74) is 8.17. The van der Waals surface area contributed by atoms with Gasteiger partial charge >= 0.3 is 0 Å². The largest absolute Gasteiger partial charge is 0.398 e. The molecule has 2 aliphatic heterocycles. The highest BCUT2D eigenvalue weighted by Crippen LogP contribution is 2.32. The molecule has 2 fully saturated rings. The van der Waals surface area contributed by atoms with Crippen molar-refractivity contribution >= 4 is 24.0 Å². The summed E-state index contributed by atoms with van der Waals surface area (Å²) in [5, 5.41) is 9.72. The second-order valence-electron chi connectivity index (χ2n) is 8.79. The molecule has 0 saturated carbocycles. The topological polar surface area (TPSA) is 119 Å². The maximum Gasteiger partial charge on any atom is 0.256 e. The number of carbonyl (C=O) groups excluding carboxylic acids is 1. The highest BCUT2D eigenvalue weighted by atomic mass is 35.5. The minimum Gasteiger partial charge on any atom is -0.398 e. The third-order valence-electron chi connectivity index (χ3n) is 6.52. The third-order valence-corrected chi connectivity index (χ3v) is 6.52. The number of carbonyl (C=O) groups is 1. The molecule has 1 unspecified atom stereocenters. The number of nitrogen functional groups attached to an aromatic ring is 1. The SMILES string of the molecule is Cc1ncc(-c2nc(-c3ccc(C(=O)N4CCC(O)C4)c(N)c3)ncc2F)n1C1CCOCC1.Cl. The number of nitrogens with two attached hydrogens (primary N) is 1. The molecule has 3 N–H and O–H groups in total. The number of aryl methyl sites for hydroxylation is 1. The van der Waals surface area contributed by atoms with Gasteiger partial charge in [0.2, 0.25) is 0 Å². The molecule has 35 heavy (non-hydrogen) atoms. The summed E-state index contributed by atoms with van der Waals surface area (Å²) >= 11 is 0. The number of aliphatic hydroxyl groups excluding tert-OH is 1. The summed E-state index contributed by atoms with van der Waals surface area (Å²) in [7, 11) is 0. The van der Waals surface area contributed by atoms with Crippen LogP contribution in [0, 0.1) is 12.7 Å². The smallest absolute Gasteiger partial charge is 0.256 e. The average Bonchev–Trinajstić information content (AvgIpc) is 3.45. The van der Waals surface area contributed by atoms with E-state index in [1.54, 1.807) is 29.3 Å². The zero-order valence-corrected chi connectivity index (χ0v) is 20.2. The van der Waals surface area contributed by atoms with Gasteiger partial charge in [-0.25, -0.2) is 19.3 Å². The van der Waals surface area contributed by atoms with Crippen LogP contribution in [-0.4, -0.2) is 67.8 Å². The maximum atomic E-state index is 14.9. The Morgan fingerprint density at radius 1 is 1.20 bits per heavy atom. The summed E-state index contributed by atoms with van der Waals surface area (Å²) in [6, 6.07) is 5.11. The van der Waals surface area contributed by atoms with E-state index in [1.807, 2.05) is 11.5 Å². The number of anilines is 1. The van der Waals surface area contributed by atoms with Gasteiger partial charge in [0.1, 0.15) is 11.5 Å². The highest BCUT2D eigenvalue weighted by molar-refractivity contribution is 6.00. The number of amides is 1. The zero-order chi connectivity index (χ0) is 23.8. The maximum absolute atomic E-state index is 14.9. The van der Waals surface area contributed by atoms with Crippen molar-refractivity contribution in [3.63, 3.8) is 0 Å². The standard InChI is InChI=1S/C24H27FN6O3.ClH/c1-14-27-12-21(31(14)16-5-8-34-9-6-16)22-19(25)11-28-23(29-22)15-2-3-18(20(26)10-15)24(33)30-7-4-17(32)13-30;/h2-3,10-12,16-17,32H,4-9,13,26H2,1H3;1H. The summed E-state index contributed by atoms with van der Waals surface area (Å²) in [5.74, 6) is 0.332. The van der Waals surface area contributed by atoms with Gasteiger partial charge in [-0.1, -0.05) is 6.07 Å². The molecule has 0 bridgehead atoms. The van der Waals surface area contributed by atoms with E-state index in [0.29, 0.717) is 55.4 Å². The van der Waals surface area contributed by atoms with Crippen LogP contribution in [-0.2, 0) is 4.74 Å². The lowest BCUT2D eigenvalue weighted by Crippen LogP contribution is -2.30. The summed E-state index contributed by atoms with van der Waals surface area (Å²) in [6.45, 7) is 3.99. The molecule has 11 heteroatoms. The van der Waals surface area contributed by atoms with Crippen molar-refractivity contribution in [1.82, 2.24) is 24.4 Å². The molecule has 1 aromatic carbocycles. The van der Waals surface area contributed by atoms with Crippen LogP contribution in [0.1, 0.15) is 41.5 Å². The van der Waals surface area contributed by atoms with Crippen molar-refractivity contribution in [3.8, 4) is 22.8 Å². The Kier molecular flexibility index (Phi) is 7.34. The number of hydrogen-bond donors (Lipinski definition) is 2. The lowest BCUT2D eigenvalue weighted by molar-refractivity contribution is 0.0694. The fourth-order valence-corrected chi connectivity index (χ4v) is 4.71. The monoisotopic (exact) mass is 502 g/mol. The second kappa shape index (κ2) is 10.3. The van der Waals surface area contributed by atoms with Crippen LogP contribution in [0.15, 0.2) is 30.6 Å². The fourth-order valence-electron chi connectivity index (χ4n) is 4.71. The first-order chi connectivity index (χ1) is 16.4. The van der Waals surface area contributed by atoms with Crippen LogP contribution in [0.2, 0.25) is 0 Å². The van der Waals surface area contributed by atoms with Crippen molar-refractivity contribution in [2.24, 2.45) is 0 Å². The first-order valence-corrected chi connectivity index (χ1v) is 11.4. The Balaban J connectivity index is 0.00000289. The zero-order valence-electron chi connectivity index (χ0n) is 19.4. The molecule has 2 aliphatic rings. The predicted molar refractivity (Wildman–Crippen MR) is 131 cm³/mol. The molecule has 0 aliphatic carbocycles. The number of benzene rings is 1. The molecular weight excluding hydrogens is 475 g/mol. The Hall–Kier alpha value is -3.08. The van der Waals surface area contributed by atoms with Crippen LogP contribution in [0.3, 0.4) is 0 Å². The number of imidazole rings is 1. The first kappa shape index (κ1) is 25.0. The normalized spacial score (nSPS) is 18.5. The number of rotatable bonds is 4. The van der Waals surface area contributed by atoms with E-state index in [9.17, 15) is 14.3 Å². The Morgan fingerprint density at radius 2 is 1.97 bits per heavy atom. The number of halogens is 2. The van der Waals surface area contributed by atoms with E-state index in [2.05, 4.69) is 15.0 Å². The van der Waals surface area contributed by atoms with Crippen LogP contribution in [0.25, 0.3) is 22.8 Å². The van der Waals surface area contributed by atoms with Crippen LogP contribution in [0.4, 0.5) is 10.1 Å². The van der Waals surface area contributed by atoms with Gasteiger partial charge in [0.05, 0.1) is 29.8 Å². The average molecular weight is 503 g/mol. The second-order valence-corrected chi connectivity index (χ2v) is 8.79. The Labute approximate surface area is 208 Å². The molecule has 5 rings (SSSR count). The summed E-state index contributed by atoms with van der Waals surface area (Å²) < 4.78 is 22.4. The van der Waals surface area contributed by atoms with E-state index in [-0.39, 0.29) is 35.7 Å². The molecule has 9 nitrogen and oxygen atoms in total. The van der Waals surface area contributed by atoms with Crippen molar-refractivity contribution < 1.29 is 19.0 Å². The minimum atomic E-state index is -0.538. The van der Waals surface area contributed by atoms with Gasteiger partial charge in [-0.2, -0.15) is 0 Å². The predicted octanol–water partition coefficient (Wildman–Crippen LogP) is 3.02. The number of β-amino-alcohol motifs (C(OH)–C–C–N with tert-alkyl or cyclic N) is 1. The lowest BCUT2D eigenvalue weighted by atomic mass is 10.1. The highest BCUT2D eigenvalue weighted by Gasteiger charge is 2.27. The quantitative estimate of drug-likeness (QED) is 0.526. The number of ether oxygens (including phenoxy) is 1. The number of aliphatic hydroxyl groups is 1. The number of aromatic nitrogens is 4. The number of nitrogens with zero attached hydrogens (tertiary/aromatic N) is 5. The van der Waals surface area contributed by atoms with Crippen LogP contribution in [0.5, 0.6) is 0 Å². The molecule has 0 radical (unpaired) electrons. The molecule has 2 aromatic heterocycles. The molecule has 2 saturated heterocycles. The van der Waals surface area contributed by atoms with Crippen molar-refractivity contribution in [2.45, 2.75) is 38.3 Å². The molecule has 3 aromatic rings. The molecule has 4 heterocycles. The van der Waals surface area contributed by atoms with E-state index in [4.69, 9.17) is 10.5 Å². The van der Waals surface area contributed by atoms with Gasteiger partial charge in [-0.15, -0.1) is 12.4 Å². The Morgan fingerprint density at radius 3 is 2.66 bits per heavy atom. The first-order valence-electron chi connectivity index (χ1n) is 11.4. The van der Waals surface area contributed by atoms with E-state index >= 15 is 0 Å². The summed E-state index contributed by atoms with van der Waals surface area (Å²) in [6.07, 6.45) is 4.48. The van der Waals surface area contributed by atoms with Crippen LogP contribution < -0.4 is 5.73 Å². The molecule has 1 atom stereocenters. The third kappa shape index (κ3) is 4.86. The van der Waals surface area contributed by atoms with Gasteiger partial charge in [0, 0.05) is 43.6 Å². The van der Waals surface area contributed by atoms with Gasteiger partial charge in [0.25, 0.3) is 5.91 Å². The lowest BCUT2D eigenvalue weighted by Gasteiger charge is -2.26. The van der Waals surface area contributed by atoms with Gasteiger partial charge in [0.15, 0.2) is 11.6 Å². The Bertz CT molecular complexity index is 1230. The minimum absolute atomic E-state index is 0. The van der Waals surface area contributed by atoms with Crippen molar-refractivity contribution in [1.29, 1.82) is 0 Å². The van der Waals surface area contributed by atoms with E-state index in [0.717, 1.165) is 24.9 Å². The molecular formula is C24H28ClFN6O3. The summed E-state index contributed by atoms with van der Waals surface area (Å²) in [4.78, 5) is 27.5. The van der Waals surface area contributed by atoms with Gasteiger partial charge < -0.3 is 25.0 Å². The van der Waals surface area contributed by atoms with Gasteiger partial charge in [-0.05, 0) is 38.3 Å². The van der Waals surface area contributed by atoms with E-state index in [1.165, 1.54) is 0 Å². The van der Waals surface area contributed by atoms with E-state index < -0.39 is 11.9 Å². The molecule has 0 spiro atoms. The fraction of sp³-hybridized carbons (Fsp3) is 0.417. The number of likely N-dealkylation sites (tertiary alicyclic amines) is 1.